The Morgan fingerprint density at radius 3 is 2.64 bits per heavy atom. The zero-order valence-corrected chi connectivity index (χ0v) is 28.3. The van der Waals surface area contributed by atoms with Gasteiger partial charge in [0.25, 0.3) is 0 Å². The molecular weight excluding hydrogens is 640 g/mol. The second-order valence-electron chi connectivity index (χ2n) is 11.1. The second-order valence-corrected chi connectivity index (χ2v) is 12.7. The lowest BCUT2D eigenvalue weighted by Crippen LogP contribution is -2.28. The molecule has 1 atom stereocenters. The van der Waals surface area contributed by atoms with Crippen molar-refractivity contribution in [2.24, 2.45) is 0 Å². The van der Waals surface area contributed by atoms with Crippen LogP contribution < -0.4 is 24.3 Å². The molecule has 1 unspecified atom stereocenters. The number of rotatable bonds is 15. The first-order valence-electron chi connectivity index (χ1n) is 15.4. The summed E-state index contributed by atoms with van der Waals surface area (Å²) >= 11 is 8.27. The first kappa shape index (κ1) is 34.4. The Hall–Kier alpha value is -3.96. The number of halogens is 1. The molecule has 0 saturated carbocycles. The number of aliphatic hydroxyl groups is 1. The third-order valence-corrected chi connectivity index (χ3v) is 8.94. The summed E-state index contributed by atoms with van der Waals surface area (Å²) < 4.78 is 28.8. The van der Waals surface area contributed by atoms with Crippen LogP contribution in [0.15, 0.2) is 71.9 Å². The van der Waals surface area contributed by atoms with Crippen LogP contribution in [0.25, 0.3) is 11.1 Å². The van der Waals surface area contributed by atoms with Crippen molar-refractivity contribution in [2.75, 3.05) is 32.7 Å². The molecule has 248 valence electrons. The number of methoxy groups -OCH3 is 1. The van der Waals surface area contributed by atoms with Gasteiger partial charge in [-0.25, -0.2) is 0 Å². The molecule has 1 aliphatic rings. The highest BCUT2D eigenvalue weighted by molar-refractivity contribution is 7.99. The second kappa shape index (κ2) is 16.7. The van der Waals surface area contributed by atoms with Gasteiger partial charge in [-0.3, -0.25) is 9.78 Å². The van der Waals surface area contributed by atoms with Crippen LogP contribution in [0, 0.1) is 6.92 Å². The summed E-state index contributed by atoms with van der Waals surface area (Å²) in [5.41, 5.74) is 5.93. The molecule has 2 heterocycles. The number of pyridine rings is 1. The fourth-order valence-electron chi connectivity index (χ4n) is 4.96. The van der Waals surface area contributed by atoms with E-state index in [1.54, 1.807) is 12.4 Å². The molecule has 0 amide bonds. The molecule has 5 rings (SSSR count). The van der Waals surface area contributed by atoms with Crippen LogP contribution in [0.5, 0.6) is 23.0 Å². The summed E-state index contributed by atoms with van der Waals surface area (Å²) in [6.45, 7) is 6.07. The normalized spacial score (nSPS) is 12.8. The predicted molar refractivity (Wildman–Crippen MR) is 183 cm³/mol. The van der Waals surface area contributed by atoms with Gasteiger partial charge in [-0.2, -0.15) is 0 Å². The quantitative estimate of drug-likeness (QED) is 0.103. The van der Waals surface area contributed by atoms with Gasteiger partial charge in [0.05, 0.1) is 25.2 Å². The molecule has 0 saturated heterocycles. The van der Waals surface area contributed by atoms with Crippen molar-refractivity contribution >= 4 is 29.3 Å². The molecule has 4 aromatic rings. The Morgan fingerprint density at radius 2 is 1.83 bits per heavy atom. The van der Waals surface area contributed by atoms with Crippen molar-refractivity contribution in [3.63, 3.8) is 0 Å². The van der Waals surface area contributed by atoms with Gasteiger partial charge in [-0.15, -0.1) is 11.8 Å². The van der Waals surface area contributed by atoms with Gasteiger partial charge in [0.2, 0.25) is 0 Å². The average Bonchev–Trinajstić information content (AvgIpc) is 3.10. The van der Waals surface area contributed by atoms with E-state index < -0.39 is 0 Å². The van der Waals surface area contributed by atoms with Gasteiger partial charge in [-0.1, -0.05) is 35.9 Å². The van der Waals surface area contributed by atoms with Crippen LogP contribution in [-0.2, 0) is 29.3 Å². The number of benzene rings is 3. The van der Waals surface area contributed by atoms with E-state index in [1.807, 2.05) is 55.5 Å². The smallest absolute Gasteiger partial charge is 0.306 e. The highest BCUT2D eigenvalue weighted by Gasteiger charge is 2.16. The van der Waals surface area contributed by atoms with Crippen LogP contribution in [-0.4, -0.2) is 54.8 Å². The van der Waals surface area contributed by atoms with Crippen LogP contribution in [0.2, 0.25) is 5.02 Å². The van der Waals surface area contributed by atoms with Crippen molar-refractivity contribution in [1.29, 1.82) is 0 Å². The number of thioether (sulfide) groups is 1. The zero-order valence-electron chi connectivity index (χ0n) is 26.7. The number of carbonyl (C=O) groups is 1. The van der Waals surface area contributed by atoms with Crippen LogP contribution in [0.4, 0.5) is 0 Å². The van der Waals surface area contributed by atoms with Gasteiger partial charge >= 0.3 is 5.97 Å². The maximum atomic E-state index is 11.5. The summed E-state index contributed by atoms with van der Waals surface area (Å²) in [4.78, 5) is 16.7. The van der Waals surface area contributed by atoms with Crippen molar-refractivity contribution < 1.29 is 33.6 Å². The first-order chi connectivity index (χ1) is 22.8. The Kier molecular flexibility index (Phi) is 12.2. The van der Waals surface area contributed by atoms with Crippen molar-refractivity contribution in [2.45, 2.75) is 51.0 Å². The van der Waals surface area contributed by atoms with Crippen LogP contribution in [0.1, 0.15) is 35.6 Å². The van der Waals surface area contributed by atoms with E-state index in [-0.39, 0.29) is 25.2 Å². The monoisotopic (exact) mass is 678 g/mol. The third kappa shape index (κ3) is 9.32. The van der Waals surface area contributed by atoms with Crippen molar-refractivity contribution in [1.82, 2.24) is 10.3 Å². The maximum absolute atomic E-state index is 11.5. The molecular formula is C36H39ClN2O7S. The number of carbonyl (C=O) groups excluding carboxylic acids is 1. The number of ether oxygens (including phenoxy) is 5. The molecule has 0 bridgehead atoms. The third-order valence-electron chi connectivity index (χ3n) is 7.68. The SMILES string of the molecule is COC(=O)CCSc1cncc(COc2cc(OCc3cccc(-c4ccc5c(c4)OCCO5)c3C)c(Cl)cc2CNC(C)CO)c1. The van der Waals surface area contributed by atoms with E-state index in [2.05, 4.69) is 23.3 Å². The fraction of sp³-hybridized carbons (Fsp3) is 0.333. The molecule has 1 aliphatic heterocycles. The maximum Gasteiger partial charge on any atom is 0.306 e. The van der Waals surface area contributed by atoms with Gasteiger partial charge in [-0.05, 0) is 60.4 Å². The minimum absolute atomic E-state index is 0.00188. The van der Waals surface area contributed by atoms with Gasteiger partial charge in [0, 0.05) is 52.8 Å². The van der Waals surface area contributed by atoms with E-state index in [0.717, 1.165) is 49.8 Å². The summed E-state index contributed by atoms with van der Waals surface area (Å²) in [6, 6.07) is 17.7. The number of nitrogens with zero attached hydrogens (tertiary/aromatic N) is 1. The lowest BCUT2D eigenvalue weighted by Gasteiger charge is -2.20. The van der Waals surface area contributed by atoms with E-state index in [4.69, 9.17) is 35.3 Å². The number of hydrogen-bond donors (Lipinski definition) is 2. The topological polar surface area (TPSA) is 108 Å². The average molecular weight is 679 g/mol. The molecule has 11 heteroatoms. The molecule has 0 aliphatic carbocycles. The predicted octanol–water partition coefficient (Wildman–Crippen LogP) is 6.77. The lowest BCUT2D eigenvalue weighted by molar-refractivity contribution is -0.140. The Bertz CT molecular complexity index is 1690. The molecule has 3 aromatic carbocycles. The largest absolute Gasteiger partial charge is 0.488 e. The standard InChI is InChI=1S/C36H39ClN2O7S/c1-23(20-40)39-18-28-14-31(37)34(16-33(28)45-21-25-13-29(19-38-17-25)47-12-9-36(41)42-3)46-22-27-5-4-6-30(24(27)2)26-7-8-32-35(15-26)44-11-10-43-32/h4-8,13-17,19,23,39-40H,9-12,18,20-22H2,1-3H3. The number of hydrogen-bond acceptors (Lipinski definition) is 10. The van der Waals surface area contributed by atoms with E-state index in [1.165, 1.54) is 18.9 Å². The van der Waals surface area contributed by atoms with E-state index in [0.29, 0.717) is 55.1 Å². The highest BCUT2D eigenvalue weighted by Crippen LogP contribution is 2.37. The van der Waals surface area contributed by atoms with Gasteiger partial charge in [0.1, 0.15) is 37.9 Å². The van der Waals surface area contributed by atoms with Crippen molar-refractivity contribution in [3.8, 4) is 34.1 Å². The van der Waals surface area contributed by atoms with Gasteiger partial charge < -0.3 is 34.1 Å². The summed E-state index contributed by atoms with van der Waals surface area (Å²) in [5.74, 6) is 2.95. The minimum Gasteiger partial charge on any atom is -0.488 e. The molecule has 0 fully saturated rings. The number of esters is 1. The van der Waals surface area contributed by atoms with E-state index in [9.17, 15) is 9.90 Å². The van der Waals surface area contributed by atoms with Crippen molar-refractivity contribution in [3.05, 3.63) is 94.3 Å². The Morgan fingerprint density at radius 1 is 1.02 bits per heavy atom. The molecule has 0 radical (unpaired) electrons. The van der Waals surface area contributed by atoms with Crippen LogP contribution >= 0.6 is 23.4 Å². The first-order valence-corrected chi connectivity index (χ1v) is 16.7. The number of aromatic nitrogens is 1. The lowest BCUT2D eigenvalue weighted by atomic mass is 9.96. The Balaban J connectivity index is 1.31. The molecule has 2 N–H and O–H groups in total. The Labute approximate surface area is 284 Å². The number of nitrogens with one attached hydrogen (secondary N) is 1. The molecule has 9 nitrogen and oxygen atoms in total. The minimum atomic E-state index is -0.245. The summed E-state index contributed by atoms with van der Waals surface area (Å²) in [5, 5.41) is 13.3. The molecule has 47 heavy (non-hydrogen) atoms. The number of fused-ring (bicyclic) bond motifs is 1. The van der Waals surface area contributed by atoms with Gasteiger partial charge in [0.15, 0.2) is 11.5 Å². The fourth-order valence-corrected chi connectivity index (χ4v) is 6.08. The molecule has 1 aromatic heterocycles. The van der Waals surface area contributed by atoms with E-state index >= 15 is 0 Å². The number of aliphatic hydroxyl groups excluding tert-OH is 1. The summed E-state index contributed by atoms with van der Waals surface area (Å²) in [6.07, 6.45) is 3.83. The zero-order chi connectivity index (χ0) is 33.2. The molecule has 0 spiro atoms. The highest BCUT2D eigenvalue weighted by atomic mass is 35.5. The summed E-state index contributed by atoms with van der Waals surface area (Å²) in [7, 11) is 1.38. The van der Waals surface area contributed by atoms with Crippen LogP contribution in [0.3, 0.4) is 0 Å².